The molecular formula is C22H25FN4. The largest absolute Gasteiger partial charge is 0.334 e. The summed E-state index contributed by atoms with van der Waals surface area (Å²) in [6, 6.07) is 12.7. The molecule has 0 aliphatic carbocycles. The molecule has 0 saturated carbocycles. The second-order valence-corrected chi connectivity index (χ2v) is 7.16. The van der Waals surface area contributed by atoms with Crippen LogP contribution in [0.4, 0.5) is 4.39 Å². The minimum atomic E-state index is -0.219. The molecule has 27 heavy (non-hydrogen) atoms. The van der Waals surface area contributed by atoms with Crippen molar-refractivity contribution in [2.75, 3.05) is 13.1 Å². The molecule has 4 rings (SSSR count). The van der Waals surface area contributed by atoms with Crippen LogP contribution in [-0.2, 0) is 13.1 Å². The van der Waals surface area contributed by atoms with E-state index in [1.807, 2.05) is 18.5 Å². The number of benzene rings is 1. The summed E-state index contributed by atoms with van der Waals surface area (Å²) in [7, 11) is 0. The molecule has 1 aliphatic heterocycles. The number of pyridine rings is 1. The number of aryl methyl sites for hydroxylation is 1. The van der Waals surface area contributed by atoms with Gasteiger partial charge in [-0.05, 0) is 62.7 Å². The Kier molecular flexibility index (Phi) is 5.30. The number of likely N-dealkylation sites (tertiary alicyclic amines) is 1. The number of piperidine rings is 1. The Hall–Kier alpha value is -2.53. The van der Waals surface area contributed by atoms with Crippen molar-refractivity contribution in [3.63, 3.8) is 0 Å². The van der Waals surface area contributed by atoms with E-state index in [1.165, 1.54) is 18.6 Å². The molecule has 0 unspecified atom stereocenters. The summed E-state index contributed by atoms with van der Waals surface area (Å²) in [5, 5.41) is 0. The standard InChI is InChI=1S/C22H25FN4/c1-2-27-14-12-24-22(27)16-26-13-4-5-18(15-26)21-7-3-6-20(25-21)17-8-10-19(23)11-9-17/h3,6-12,14,18H,2,4-5,13,15-16H2,1H3/t18-/m0/s1. The van der Waals surface area contributed by atoms with E-state index in [4.69, 9.17) is 4.98 Å². The predicted octanol–water partition coefficient (Wildman–Crippen LogP) is 4.48. The lowest BCUT2D eigenvalue weighted by atomic mass is 9.94. The molecule has 2 aromatic heterocycles. The molecule has 0 amide bonds. The Labute approximate surface area is 159 Å². The molecular weight excluding hydrogens is 339 g/mol. The highest BCUT2D eigenvalue weighted by atomic mass is 19.1. The van der Waals surface area contributed by atoms with E-state index in [1.54, 1.807) is 12.1 Å². The maximum atomic E-state index is 13.2. The van der Waals surface area contributed by atoms with Crippen molar-refractivity contribution < 1.29 is 4.39 Å². The van der Waals surface area contributed by atoms with Crippen LogP contribution >= 0.6 is 0 Å². The maximum Gasteiger partial charge on any atom is 0.123 e. The summed E-state index contributed by atoms with van der Waals surface area (Å²) in [5.74, 6) is 1.33. The van der Waals surface area contributed by atoms with Crippen molar-refractivity contribution in [3.8, 4) is 11.3 Å². The first-order valence-corrected chi connectivity index (χ1v) is 9.68. The molecule has 0 spiro atoms. The first-order valence-electron chi connectivity index (χ1n) is 9.68. The Morgan fingerprint density at radius 3 is 2.81 bits per heavy atom. The number of halogens is 1. The number of hydrogen-bond donors (Lipinski definition) is 0. The van der Waals surface area contributed by atoms with Crippen LogP contribution < -0.4 is 0 Å². The normalized spacial score (nSPS) is 17.9. The van der Waals surface area contributed by atoms with Gasteiger partial charge in [0.1, 0.15) is 11.6 Å². The minimum Gasteiger partial charge on any atom is -0.334 e. The summed E-state index contributed by atoms with van der Waals surface area (Å²) < 4.78 is 15.4. The fraction of sp³-hybridized carbons (Fsp3) is 0.364. The molecule has 140 valence electrons. The fourth-order valence-electron chi connectivity index (χ4n) is 3.88. The SMILES string of the molecule is CCn1ccnc1CN1CCC[C@H](c2cccc(-c3ccc(F)cc3)n2)C1. The van der Waals surface area contributed by atoms with E-state index >= 15 is 0 Å². The van der Waals surface area contributed by atoms with Crippen LogP contribution in [0.15, 0.2) is 54.9 Å². The molecule has 0 bridgehead atoms. The van der Waals surface area contributed by atoms with Gasteiger partial charge in [-0.25, -0.2) is 9.37 Å². The van der Waals surface area contributed by atoms with Gasteiger partial charge in [-0.3, -0.25) is 9.88 Å². The van der Waals surface area contributed by atoms with Crippen molar-refractivity contribution in [3.05, 3.63) is 72.2 Å². The zero-order valence-corrected chi connectivity index (χ0v) is 15.7. The average Bonchev–Trinajstić information content (AvgIpc) is 3.16. The summed E-state index contributed by atoms with van der Waals surface area (Å²) in [6.07, 6.45) is 6.25. The second-order valence-electron chi connectivity index (χ2n) is 7.16. The number of aromatic nitrogens is 3. The lowest BCUT2D eigenvalue weighted by Gasteiger charge is -2.32. The zero-order chi connectivity index (χ0) is 18.6. The molecule has 1 atom stereocenters. The summed E-state index contributed by atoms with van der Waals surface area (Å²) in [4.78, 5) is 11.9. The number of imidazole rings is 1. The third-order valence-corrected chi connectivity index (χ3v) is 5.34. The van der Waals surface area contributed by atoms with Crippen LogP contribution in [0.3, 0.4) is 0 Å². The van der Waals surface area contributed by atoms with Crippen LogP contribution in [0.1, 0.15) is 37.2 Å². The van der Waals surface area contributed by atoms with Gasteiger partial charge in [0.15, 0.2) is 0 Å². The van der Waals surface area contributed by atoms with E-state index < -0.39 is 0 Å². The topological polar surface area (TPSA) is 34.0 Å². The highest BCUT2D eigenvalue weighted by Gasteiger charge is 2.23. The van der Waals surface area contributed by atoms with Crippen molar-refractivity contribution in [1.82, 2.24) is 19.4 Å². The smallest absolute Gasteiger partial charge is 0.123 e. The van der Waals surface area contributed by atoms with E-state index in [0.29, 0.717) is 5.92 Å². The third kappa shape index (κ3) is 4.08. The average molecular weight is 364 g/mol. The molecule has 3 aromatic rings. The Bertz CT molecular complexity index is 887. The number of rotatable bonds is 5. The van der Waals surface area contributed by atoms with Crippen molar-refractivity contribution in [2.45, 2.75) is 38.8 Å². The van der Waals surface area contributed by atoms with Gasteiger partial charge in [0.05, 0.1) is 12.2 Å². The van der Waals surface area contributed by atoms with Gasteiger partial charge >= 0.3 is 0 Å². The van der Waals surface area contributed by atoms with E-state index in [9.17, 15) is 4.39 Å². The molecule has 1 saturated heterocycles. The van der Waals surface area contributed by atoms with E-state index in [0.717, 1.165) is 55.4 Å². The molecule has 5 heteroatoms. The summed E-state index contributed by atoms with van der Waals surface area (Å²) in [6.45, 7) is 6.08. The van der Waals surface area contributed by atoms with Gasteiger partial charge < -0.3 is 4.57 Å². The Morgan fingerprint density at radius 1 is 1.15 bits per heavy atom. The Morgan fingerprint density at radius 2 is 2.00 bits per heavy atom. The van der Waals surface area contributed by atoms with Crippen molar-refractivity contribution in [1.29, 1.82) is 0 Å². The zero-order valence-electron chi connectivity index (χ0n) is 15.7. The quantitative estimate of drug-likeness (QED) is 0.669. The number of hydrogen-bond acceptors (Lipinski definition) is 3. The van der Waals surface area contributed by atoms with Crippen molar-refractivity contribution in [2.24, 2.45) is 0 Å². The molecule has 1 aliphatic rings. The number of nitrogens with zero attached hydrogens (tertiary/aromatic N) is 4. The summed E-state index contributed by atoms with van der Waals surface area (Å²) in [5.41, 5.74) is 2.99. The lowest BCUT2D eigenvalue weighted by molar-refractivity contribution is 0.192. The Balaban J connectivity index is 1.49. The molecule has 0 radical (unpaired) electrons. The van der Waals surface area contributed by atoms with Gasteiger partial charge in [0.2, 0.25) is 0 Å². The van der Waals surface area contributed by atoms with Crippen LogP contribution in [0, 0.1) is 5.82 Å². The van der Waals surface area contributed by atoms with Gasteiger partial charge in [0, 0.05) is 42.7 Å². The highest BCUT2D eigenvalue weighted by Crippen LogP contribution is 2.28. The molecule has 4 nitrogen and oxygen atoms in total. The van der Waals surface area contributed by atoms with Gasteiger partial charge in [-0.15, -0.1) is 0 Å². The minimum absolute atomic E-state index is 0.219. The van der Waals surface area contributed by atoms with Crippen LogP contribution in [0.5, 0.6) is 0 Å². The van der Waals surface area contributed by atoms with Crippen LogP contribution in [0.2, 0.25) is 0 Å². The highest BCUT2D eigenvalue weighted by molar-refractivity contribution is 5.59. The van der Waals surface area contributed by atoms with Crippen molar-refractivity contribution >= 4 is 0 Å². The summed E-state index contributed by atoms with van der Waals surface area (Å²) >= 11 is 0. The molecule has 0 N–H and O–H groups in total. The van der Waals surface area contributed by atoms with Gasteiger partial charge in [0.25, 0.3) is 0 Å². The van der Waals surface area contributed by atoms with E-state index in [2.05, 4.69) is 33.5 Å². The second kappa shape index (κ2) is 8.01. The fourth-order valence-corrected chi connectivity index (χ4v) is 3.88. The predicted molar refractivity (Wildman–Crippen MR) is 105 cm³/mol. The van der Waals surface area contributed by atoms with Crippen LogP contribution in [0.25, 0.3) is 11.3 Å². The van der Waals surface area contributed by atoms with Gasteiger partial charge in [-0.1, -0.05) is 6.07 Å². The molecule has 3 heterocycles. The van der Waals surface area contributed by atoms with Crippen LogP contribution in [-0.4, -0.2) is 32.5 Å². The lowest BCUT2D eigenvalue weighted by Crippen LogP contribution is -2.35. The van der Waals surface area contributed by atoms with Gasteiger partial charge in [-0.2, -0.15) is 0 Å². The monoisotopic (exact) mass is 364 g/mol. The third-order valence-electron chi connectivity index (χ3n) is 5.34. The molecule has 1 fully saturated rings. The maximum absolute atomic E-state index is 13.2. The van der Waals surface area contributed by atoms with E-state index in [-0.39, 0.29) is 5.82 Å². The first-order chi connectivity index (χ1) is 13.2. The molecule has 1 aromatic carbocycles. The first kappa shape index (κ1) is 17.9.